The molecule has 0 spiro atoms. The SMILES string of the molecule is CNc1ncnc2c1ncn2C1OC(COP(=O)(O)O)C(O)C1OC. The van der Waals surface area contributed by atoms with Crippen molar-refractivity contribution in [3.8, 4) is 0 Å². The van der Waals surface area contributed by atoms with Crippen molar-refractivity contribution in [1.29, 1.82) is 0 Å². The Morgan fingerprint density at radius 2 is 2.16 bits per heavy atom. The fraction of sp³-hybridized carbons (Fsp3) is 0.583. The van der Waals surface area contributed by atoms with Crippen molar-refractivity contribution in [2.75, 3.05) is 26.1 Å². The molecule has 1 aliphatic rings. The molecule has 2 aromatic heterocycles. The minimum Gasteiger partial charge on any atom is -0.387 e. The smallest absolute Gasteiger partial charge is 0.387 e. The van der Waals surface area contributed by atoms with Crippen LogP contribution in [0.3, 0.4) is 0 Å². The number of imidazole rings is 1. The number of anilines is 1. The predicted octanol–water partition coefficient (Wildman–Crippen LogP) is -0.749. The number of nitrogens with zero attached hydrogens (tertiary/aromatic N) is 4. The number of ether oxygens (including phenoxy) is 2. The highest BCUT2D eigenvalue weighted by Crippen LogP contribution is 2.39. The topological polar surface area (TPSA) is 161 Å². The molecule has 0 amide bonds. The molecule has 3 heterocycles. The molecule has 4 unspecified atom stereocenters. The maximum absolute atomic E-state index is 10.9. The summed E-state index contributed by atoms with van der Waals surface area (Å²) >= 11 is 0. The van der Waals surface area contributed by atoms with Gasteiger partial charge in [0.05, 0.1) is 12.9 Å². The van der Waals surface area contributed by atoms with E-state index in [1.807, 2.05) is 0 Å². The maximum atomic E-state index is 10.9. The lowest BCUT2D eigenvalue weighted by Gasteiger charge is -2.19. The summed E-state index contributed by atoms with van der Waals surface area (Å²) in [5.41, 5.74) is 0.961. The third-order valence-corrected chi connectivity index (χ3v) is 4.35. The number of nitrogens with one attached hydrogen (secondary N) is 1. The highest BCUT2D eigenvalue weighted by molar-refractivity contribution is 7.46. The summed E-state index contributed by atoms with van der Waals surface area (Å²) < 4.78 is 27.9. The normalized spacial score (nSPS) is 27.1. The van der Waals surface area contributed by atoms with Crippen molar-refractivity contribution < 1.29 is 33.5 Å². The second-order valence-corrected chi connectivity index (χ2v) is 6.58. The molecule has 2 aromatic rings. The Labute approximate surface area is 142 Å². The first-order chi connectivity index (χ1) is 11.9. The Kier molecular flexibility index (Phi) is 5.02. The van der Waals surface area contributed by atoms with Crippen molar-refractivity contribution in [3.63, 3.8) is 0 Å². The third-order valence-electron chi connectivity index (χ3n) is 3.86. The van der Waals surface area contributed by atoms with Gasteiger partial charge in [0.15, 0.2) is 17.7 Å². The molecule has 4 N–H and O–H groups in total. The molecule has 138 valence electrons. The highest BCUT2D eigenvalue weighted by atomic mass is 31.2. The van der Waals surface area contributed by atoms with E-state index in [4.69, 9.17) is 19.3 Å². The van der Waals surface area contributed by atoms with Crippen molar-refractivity contribution >= 4 is 24.8 Å². The van der Waals surface area contributed by atoms with Crippen LogP contribution in [0.5, 0.6) is 0 Å². The van der Waals surface area contributed by atoms with Crippen molar-refractivity contribution in [2.24, 2.45) is 0 Å². The number of aliphatic hydroxyl groups is 1. The van der Waals surface area contributed by atoms with Crippen LogP contribution in [0.4, 0.5) is 5.82 Å². The van der Waals surface area contributed by atoms with Gasteiger partial charge in [0.2, 0.25) is 0 Å². The second kappa shape index (κ2) is 6.92. The molecule has 0 aliphatic carbocycles. The van der Waals surface area contributed by atoms with Crippen LogP contribution in [0.1, 0.15) is 6.23 Å². The lowest BCUT2D eigenvalue weighted by molar-refractivity contribution is -0.0578. The number of hydrogen-bond acceptors (Lipinski definition) is 9. The number of methoxy groups -OCH3 is 1. The minimum absolute atomic E-state index is 0.454. The van der Waals surface area contributed by atoms with E-state index in [2.05, 4.69) is 24.8 Å². The van der Waals surface area contributed by atoms with Gasteiger partial charge in [0, 0.05) is 14.2 Å². The zero-order chi connectivity index (χ0) is 18.2. The number of fused-ring (bicyclic) bond motifs is 1. The van der Waals surface area contributed by atoms with Gasteiger partial charge in [-0.15, -0.1) is 0 Å². The monoisotopic (exact) mass is 375 g/mol. The number of phosphoric ester groups is 1. The van der Waals surface area contributed by atoms with E-state index in [1.165, 1.54) is 19.8 Å². The minimum atomic E-state index is -4.68. The average molecular weight is 375 g/mol. The zero-order valence-corrected chi connectivity index (χ0v) is 14.3. The Hall–Kier alpha value is -1.66. The molecule has 1 fully saturated rings. The molecular weight excluding hydrogens is 357 g/mol. The summed E-state index contributed by atoms with van der Waals surface area (Å²) in [6, 6.07) is 0. The van der Waals surface area contributed by atoms with Crippen LogP contribution in [-0.4, -0.2) is 73.5 Å². The quantitative estimate of drug-likeness (QED) is 0.470. The van der Waals surface area contributed by atoms with Crippen LogP contribution in [0, 0.1) is 0 Å². The highest BCUT2D eigenvalue weighted by Gasteiger charge is 2.46. The first-order valence-corrected chi connectivity index (χ1v) is 8.80. The largest absolute Gasteiger partial charge is 0.469 e. The van der Waals surface area contributed by atoms with E-state index in [1.54, 1.807) is 11.6 Å². The van der Waals surface area contributed by atoms with Gasteiger partial charge in [0.1, 0.15) is 30.2 Å². The zero-order valence-electron chi connectivity index (χ0n) is 13.4. The van der Waals surface area contributed by atoms with E-state index in [9.17, 15) is 9.67 Å². The van der Waals surface area contributed by atoms with Gasteiger partial charge in [-0.05, 0) is 0 Å². The van der Waals surface area contributed by atoms with Crippen molar-refractivity contribution in [1.82, 2.24) is 19.5 Å². The van der Waals surface area contributed by atoms with Gasteiger partial charge in [-0.2, -0.15) is 0 Å². The van der Waals surface area contributed by atoms with Crippen LogP contribution in [-0.2, 0) is 18.6 Å². The lowest BCUT2D eigenvalue weighted by Crippen LogP contribution is -2.35. The fourth-order valence-corrected chi connectivity index (χ4v) is 3.07. The van der Waals surface area contributed by atoms with E-state index < -0.39 is 39.0 Å². The fourth-order valence-electron chi connectivity index (χ4n) is 2.73. The summed E-state index contributed by atoms with van der Waals surface area (Å²) in [7, 11) is -1.59. The van der Waals surface area contributed by atoms with Crippen LogP contribution < -0.4 is 5.32 Å². The van der Waals surface area contributed by atoms with Crippen LogP contribution in [0.2, 0.25) is 0 Å². The van der Waals surface area contributed by atoms with Gasteiger partial charge >= 0.3 is 7.82 Å². The first-order valence-electron chi connectivity index (χ1n) is 7.27. The number of rotatable bonds is 6. The molecule has 0 radical (unpaired) electrons. The second-order valence-electron chi connectivity index (χ2n) is 5.34. The number of aliphatic hydroxyl groups excluding tert-OH is 1. The molecule has 1 saturated heterocycles. The predicted molar refractivity (Wildman–Crippen MR) is 83.6 cm³/mol. The van der Waals surface area contributed by atoms with Crippen molar-refractivity contribution in [2.45, 2.75) is 24.5 Å². The molecule has 4 atom stereocenters. The Bertz CT molecular complexity index is 795. The van der Waals surface area contributed by atoms with E-state index in [-0.39, 0.29) is 0 Å². The lowest BCUT2D eigenvalue weighted by atomic mass is 10.1. The van der Waals surface area contributed by atoms with Crippen molar-refractivity contribution in [3.05, 3.63) is 12.7 Å². The van der Waals surface area contributed by atoms with E-state index in [0.29, 0.717) is 17.0 Å². The number of aromatic nitrogens is 4. The molecule has 0 saturated carbocycles. The van der Waals surface area contributed by atoms with Crippen LogP contribution >= 0.6 is 7.82 Å². The summed E-state index contributed by atoms with van der Waals surface area (Å²) in [4.78, 5) is 30.1. The molecule has 25 heavy (non-hydrogen) atoms. The summed E-state index contributed by atoms with van der Waals surface area (Å²) in [5, 5.41) is 13.2. The van der Waals surface area contributed by atoms with E-state index in [0.717, 1.165) is 0 Å². The first kappa shape index (κ1) is 18.1. The van der Waals surface area contributed by atoms with E-state index >= 15 is 0 Å². The molecular formula is C12H18N5O7P. The third kappa shape index (κ3) is 3.51. The average Bonchev–Trinajstić information content (AvgIpc) is 3.12. The van der Waals surface area contributed by atoms with Gasteiger partial charge in [-0.25, -0.2) is 19.5 Å². The van der Waals surface area contributed by atoms with Crippen LogP contribution in [0.25, 0.3) is 11.2 Å². The summed E-state index contributed by atoms with van der Waals surface area (Å²) in [6.45, 7) is -0.495. The molecule has 1 aliphatic heterocycles. The van der Waals surface area contributed by atoms with Gasteiger partial charge in [-0.3, -0.25) is 9.09 Å². The standard InChI is InChI=1S/C12H18N5O7P/c1-13-10-7-11(15-4-14-10)17(5-16-7)12-9(22-2)8(18)6(24-12)3-23-25(19,20)21/h4-6,8-9,12,18H,3H2,1-2H3,(H,13,14,15)(H2,19,20,21). The number of hydrogen-bond donors (Lipinski definition) is 4. The molecule has 3 rings (SSSR count). The molecule has 0 bridgehead atoms. The summed E-state index contributed by atoms with van der Waals surface area (Å²) in [6.07, 6.45) is -0.954. The number of phosphoric acid groups is 1. The van der Waals surface area contributed by atoms with Gasteiger partial charge in [0.25, 0.3) is 0 Å². The van der Waals surface area contributed by atoms with Crippen LogP contribution in [0.15, 0.2) is 12.7 Å². The maximum Gasteiger partial charge on any atom is 0.469 e. The molecule has 13 heteroatoms. The molecule has 12 nitrogen and oxygen atoms in total. The Morgan fingerprint density at radius 1 is 1.40 bits per heavy atom. The Balaban J connectivity index is 1.90. The van der Waals surface area contributed by atoms with Gasteiger partial charge in [-0.1, -0.05) is 0 Å². The van der Waals surface area contributed by atoms with Gasteiger partial charge < -0.3 is 29.7 Å². The molecule has 0 aromatic carbocycles. The summed E-state index contributed by atoms with van der Waals surface area (Å²) in [5.74, 6) is 0.526. The Morgan fingerprint density at radius 3 is 2.80 bits per heavy atom.